The highest BCUT2D eigenvalue weighted by molar-refractivity contribution is 6.32. The molecule has 0 aromatic heterocycles. The summed E-state index contributed by atoms with van der Waals surface area (Å²) in [5, 5.41) is 0.788. The lowest BCUT2D eigenvalue weighted by Gasteiger charge is -2.14. The van der Waals surface area contributed by atoms with Crippen molar-refractivity contribution in [3.8, 4) is 5.75 Å². The van der Waals surface area contributed by atoms with Crippen LogP contribution in [0.4, 0.5) is 0 Å². The summed E-state index contributed by atoms with van der Waals surface area (Å²) in [4.78, 5) is 2.16. The molecule has 2 nitrogen and oxygen atoms in total. The predicted molar refractivity (Wildman–Crippen MR) is 81.7 cm³/mol. The normalized spacial score (nSPS) is 13.8. The molecule has 0 amide bonds. The molecule has 0 fully saturated rings. The van der Waals surface area contributed by atoms with Gasteiger partial charge in [0.05, 0.1) is 0 Å². The molecule has 1 aromatic rings. The highest BCUT2D eigenvalue weighted by atomic mass is 35.5. The number of allylic oxidation sites excluding steroid dienone is 1. The average Bonchev–Trinajstić information content (AvgIpc) is 2.55. The third-order valence-corrected chi connectivity index (χ3v) is 3.53. The number of hydrogen-bond donors (Lipinski definition) is 0. The molecule has 0 aliphatic carbocycles. The van der Waals surface area contributed by atoms with Crippen LogP contribution < -0.4 is 4.74 Å². The van der Waals surface area contributed by atoms with E-state index in [1.165, 1.54) is 11.1 Å². The van der Waals surface area contributed by atoms with E-state index in [1.54, 1.807) is 0 Å². The molecular formula is C16H20ClNO. The maximum atomic E-state index is 6.28. The van der Waals surface area contributed by atoms with Crippen molar-refractivity contribution in [1.82, 2.24) is 4.90 Å². The van der Waals surface area contributed by atoms with E-state index in [2.05, 4.69) is 44.1 Å². The highest BCUT2D eigenvalue weighted by Gasteiger charge is 2.14. The molecule has 0 spiro atoms. The summed E-state index contributed by atoms with van der Waals surface area (Å²) < 4.78 is 5.87. The molecule has 0 N–H and O–H groups in total. The summed E-state index contributed by atoms with van der Waals surface area (Å²) >= 11 is 6.28. The topological polar surface area (TPSA) is 12.5 Å². The summed E-state index contributed by atoms with van der Waals surface area (Å²) in [5.74, 6) is 0.942. The summed E-state index contributed by atoms with van der Waals surface area (Å²) in [6.07, 6.45) is 7.17. The van der Waals surface area contributed by atoms with Crippen LogP contribution in [-0.4, -0.2) is 25.1 Å². The summed E-state index contributed by atoms with van der Waals surface area (Å²) in [7, 11) is 2.07. The van der Waals surface area contributed by atoms with Crippen LogP contribution in [0.15, 0.2) is 30.0 Å². The standard InChI is InChI=1S/C16H20ClNO/c1-12(2)8-11-19-16-5-4-15(17)13-6-9-18(3)10-7-14(13)16/h4-6,8-9H,7,10-11H2,1-3H3. The number of halogens is 1. The van der Waals surface area contributed by atoms with Crippen molar-refractivity contribution in [2.75, 3.05) is 20.2 Å². The fraction of sp³-hybridized carbons (Fsp3) is 0.375. The minimum atomic E-state index is 0.607. The van der Waals surface area contributed by atoms with Gasteiger partial charge in [0.1, 0.15) is 12.4 Å². The fourth-order valence-corrected chi connectivity index (χ4v) is 2.29. The van der Waals surface area contributed by atoms with Gasteiger partial charge in [-0.2, -0.15) is 0 Å². The molecule has 0 saturated heterocycles. The van der Waals surface area contributed by atoms with E-state index in [1.807, 2.05) is 12.1 Å². The van der Waals surface area contributed by atoms with Gasteiger partial charge in [-0.3, -0.25) is 0 Å². The van der Waals surface area contributed by atoms with Crippen LogP contribution in [-0.2, 0) is 6.42 Å². The molecule has 3 heteroatoms. The van der Waals surface area contributed by atoms with Crippen molar-refractivity contribution in [3.05, 3.63) is 46.1 Å². The number of benzene rings is 1. The number of rotatable bonds is 3. The number of hydrogen-bond acceptors (Lipinski definition) is 2. The smallest absolute Gasteiger partial charge is 0.123 e. The van der Waals surface area contributed by atoms with E-state index in [0.717, 1.165) is 29.3 Å². The first-order valence-electron chi connectivity index (χ1n) is 6.54. The largest absolute Gasteiger partial charge is 0.489 e. The molecule has 102 valence electrons. The second-order valence-corrected chi connectivity index (χ2v) is 5.48. The second kappa shape index (κ2) is 6.16. The molecule has 1 aliphatic rings. The predicted octanol–water partition coefficient (Wildman–Crippen LogP) is 4.14. The van der Waals surface area contributed by atoms with E-state index in [-0.39, 0.29) is 0 Å². The third-order valence-electron chi connectivity index (χ3n) is 3.20. The molecule has 0 radical (unpaired) electrons. The first kappa shape index (κ1) is 14.0. The Morgan fingerprint density at radius 1 is 1.42 bits per heavy atom. The van der Waals surface area contributed by atoms with E-state index in [9.17, 15) is 0 Å². The van der Waals surface area contributed by atoms with Crippen molar-refractivity contribution in [2.24, 2.45) is 0 Å². The first-order valence-corrected chi connectivity index (χ1v) is 6.91. The third kappa shape index (κ3) is 3.54. The monoisotopic (exact) mass is 277 g/mol. The molecule has 2 rings (SSSR count). The first-order chi connectivity index (χ1) is 9.08. The maximum absolute atomic E-state index is 6.28. The molecule has 0 unspecified atom stereocenters. The van der Waals surface area contributed by atoms with Gasteiger partial charge < -0.3 is 9.64 Å². The highest BCUT2D eigenvalue weighted by Crippen LogP contribution is 2.32. The van der Waals surface area contributed by atoms with Crippen molar-refractivity contribution in [1.29, 1.82) is 0 Å². The van der Waals surface area contributed by atoms with Crippen molar-refractivity contribution in [3.63, 3.8) is 0 Å². The number of nitrogens with zero attached hydrogens (tertiary/aromatic N) is 1. The van der Waals surface area contributed by atoms with Gasteiger partial charge in [0.2, 0.25) is 0 Å². The lowest BCUT2D eigenvalue weighted by atomic mass is 10.0. The average molecular weight is 278 g/mol. The number of fused-ring (bicyclic) bond motifs is 1. The van der Waals surface area contributed by atoms with Crippen molar-refractivity contribution >= 4 is 17.7 Å². The van der Waals surface area contributed by atoms with Gasteiger partial charge in [0.25, 0.3) is 0 Å². The minimum absolute atomic E-state index is 0.607. The van der Waals surface area contributed by atoms with Crippen LogP contribution in [0.2, 0.25) is 5.02 Å². The van der Waals surface area contributed by atoms with Gasteiger partial charge in [0, 0.05) is 29.7 Å². The van der Waals surface area contributed by atoms with E-state index in [0.29, 0.717) is 6.61 Å². The molecule has 0 bridgehead atoms. The summed E-state index contributed by atoms with van der Waals surface area (Å²) in [5.41, 5.74) is 3.55. The number of ether oxygens (including phenoxy) is 1. The van der Waals surface area contributed by atoms with Gasteiger partial charge in [-0.25, -0.2) is 0 Å². The molecule has 1 heterocycles. The molecule has 1 aliphatic heterocycles. The van der Waals surface area contributed by atoms with Crippen LogP contribution in [0.1, 0.15) is 25.0 Å². The number of likely N-dealkylation sites (N-methyl/N-ethyl adjacent to an activating group) is 1. The molecule has 1 aromatic carbocycles. The summed E-state index contributed by atoms with van der Waals surface area (Å²) in [6.45, 7) is 5.73. The Bertz CT molecular complexity index is 516. The Morgan fingerprint density at radius 2 is 2.21 bits per heavy atom. The van der Waals surface area contributed by atoms with Crippen LogP contribution in [0, 0.1) is 0 Å². The SMILES string of the molecule is CC(C)=CCOc1ccc(Cl)c2c1CCN(C)C=C2. The Morgan fingerprint density at radius 3 is 2.95 bits per heavy atom. The molecule has 0 saturated carbocycles. The van der Waals surface area contributed by atoms with Crippen molar-refractivity contribution in [2.45, 2.75) is 20.3 Å². The lowest BCUT2D eigenvalue weighted by molar-refractivity contribution is 0.355. The Balaban J connectivity index is 2.28. The van der Waals surface area contributed by atoms with E-state index < -0.39 is 0 Å². The van der Waals surface area contributed by atoms with Crippen LogP contribution in [0.5, 0.6) is 5.75 Å². The zero-order valence-electron chi connectivity index (χ0n) is 11.7. The van der Waals surface area contributed by atoms with Gasteiger partial charge in [-0.05, 0) is 50.8 Å². The Hall–Kier alpha value is -1.41. The maximum Gasteiger partial charge on any atom is 0.123 e. The van der Waals surface area contributed by atoms with E-state index >= 15 is 0 Å². The minimum Gasteiger partial charge on any atom is -0.489 e. The van der Waals surface area contributed by atoms with E-state index in [4.69, 9.17) is 16.3 Å². The van der Waals surface area contributed by atoms with Gasteiger partial charge in [-0.15, -0.1) is 0 Å². The van der Waals surface area contributed by atoms with Gasteiger partial charge in [-0.1, -0.05) is 17.2 Å². The summed E-state index contributed by atoms with van der Waals surface area (Å²) in [6, 6.07) is 3.88. The van der Waals surface area contributed by atoms with Crippen LogP contribution in [0.3, 0.4) is 0 Å². The van der Waals surface area contributed by atoms with Gasteiger partial charge in [0.15, 0.2) is 0 Å². The quantitative estimate of drug-likeness (QED) is 0.770. The molecule has 19 heavy (non-hydrogen) atoms. The zero-order valence-corrected chi connectivity index (χ0v) is 12.5. The fourth-order valence-electron chi connectivity index (χ4n) is 2.05. The molecule has 0 atom stereocenters. The second-order valence-electron chi connectivity index (χ2n) is 5.08. The lowest BCUT2D eigenvalue weighted by Crippen LogP contribution is -2.13. The molecular weight excluding hydrogens is 258 g/mol. The zero-order chi connectivity index (χ0) is 13.8. The van der Waals surface area contributed by atoms with Gasteiger partial charge >= 0.3 is 0 Å². The Labute approximate surface area is 120 Å². The Kier molecular flexibility index (Phi) is 4.54. The van der Waals surface area contributed by atoms with Crippen LogP contribution in [0.25, 0.3) is 6.08 Å². The van der Waals surface area contributed by atoms with Crippen LogP contribution >= 0.6 is 11.6 Å². The van der Waals surface area contributed by atoms with Crippen molar-refractivity contribution < 1.29 is 4.74 Å².